The number of carbonyl (C=O) groups is 1. The van der Waals surface area contributed by atoms with Gasteiger partial charge in [0.05, 0.1) is 17.1 Å². The quantitative estimate of drug-likeness (QED) is 0.873. The van der Waals surface area contributed by atoms with Crippen molar-refractivity contribution in [3.63, 3.8) is 0 Å². The van der Waals surface area contributed by atoms with Crippen LogP contribution in [0.15, 0.2) is 34.1 Å². The Balaban J connectivity index is 2.17. The Morgan fingerprint density at radius 1 is 1.47 bits per heavy atom. The van der Waals surface area contributed by atoms with Gasteiger partial charge in [-0.05, 0) is 40.2 Å². The van der Waals surface area contributed by atoms with Gasteiger partial charge in [0.2, 0.25) is 0 Å². The van der Waals surface area contributed by atoms with Crippen LogP contribution in [0.1, 0.15) is 15.2 Å². The Bertz CT molecular complexity index is 614. The number of halogens is 2. The molecule has 0 aliphatic heterocycles. The van der Waals surface area contributed by atoms with E-state index in [9.17, 15) is 4.79 Å². The largest absolute Gasteiger partial charge is 0.478 e. The van der Waals surface area contributed by atoms with Crippen molar-refractivity contribution in [1.29, 1.82) is 0 Å². The molecule has 19 heavy (non-hydrogen) atoms. The summed E-state index contributed by atoms with van der Waals surface area (Å²) in [6.07, 6.45) is 0. The second-order valence-corrected chi connectivity index (χ2v) is 6.38. The van der Waals surface area contributed by atoms with Crippen molar-refractivity contribution < 1.29 is 9.90 Å². The molecule has 0 spiro atoms. The first-order chi connectivity index (χ1) is 8.97. The summed E-state index contributed by atoms with van der Waals surface area (Å²) in [6, 6.07) is 7.03. The molecule has 0 aliphatic rings. The van der Waals surface area contributed by atoms with Gasteiger partial charge in [0, 0.05) is 27.5 Å². The molecule has 0 bridgehead atoms. The van der Waals surface area contributed by atoms with E-state index in [1.807, 2.05) is 17.3 Å². The molecule has 2 rings (SSSR count). The van der Waals surface area contributed by atoms with Crippen LogP contribution in [0.4, 0.5) is 5.69 Å². The molecule has 0 radical (unpaired) electrons. The lowest BCUT2D eigenvalue weighted by atomic mass is 10.2. The Labute approximate surface area is 128 Å². The Morgan fingerprint density at radius 3 is 2.74 bits per heavy atom. The van der Waals surface area contributed by atoms with E-state index in [1.165, 1.54) is 10.9 Å². The van der Waals surface area contributed by atoms with Crippen LogP contribution in [0.2, 0.25) is 5.02 Å². The molecular weight excluding hydrogens is 350 g/mol. The summed E-state index contributed by atoms with van der Waals surface area (Å²) in [5.41, 5.74) is 1.01. The van der Waals surface area contributed by atoms with E-state index < -0.39 is 5.97 Å². The van der Waals surface area contributed by atoms with E-state index in [1.54, 1.807) is 23.5 Å². The fraction of sp³-hybridized carbons (Fsp3) is 0.154. The van der Waals surface area contributed by atoms with Crippen LogP contribution >= 0.6 is 38.9 Å². The molecule has 0 amide bonds. The van der Waals surface area contributed by atoms with E-state index in [4.69, 9.17) is 16.7 Å². The first kappa shape index (κ1) is 14.4. The molecule has 0 aliphatic carbocycles. The number of benzene rings is 1. The summed E-state index contributed by atoms with van der Waals surface area (Å²) in [5, 5.41) is 11.2. The molecule has 3 nitrogen and oxygen atoms in total. The number of carboxylic acid groups (broad SMARTS) is 1. The van der Waals surface area contributed by atoms with Crippen LogP contribution in [0.5, 0.6) is 0 Å². The lowest BCUT2D eigenvalue weighted by Crippen LogP contribution is -2.15. The molecule has 1 N–H and O–H groups in total. The average Bonchev–Trinajstić information content (AvgIpc) is 2.74. The summed E-state index contributed by atoms with van der Waals surface area (Å²) in [7, 11) is 1.94. The lowest BCUT2D eigenvalue weighted by molar-refractivity contribution is 0.0697. The van der Waals surface area contributed by atoms with Gasteiger partial charge in [0.15, 0.2) is 0 Å². The predicted octanol–water partition coefficient (Wildman–Crippen LogP) is 4.50. The second kappa shape index (κ2) is 5.94. The molecule has 6 heteroatoms. The normalized spacial score (nSPS) is 10.5. The maximum Gasteiger partial charge on any atom is 0.337 e. The summed E-state index contributed by atoms with van der Waals surface area (Å²) in [6.45, 7) is 0.749. The molecule has 1 aromatic carbocycles. The minimum Gasteiger partial charge on any atom is -0.478 e. The van der Waals surface area contributed by atoms with Gasteiger partial charge in [-0.2, -0.15) is 0 Å². The number of hydrogen-bond acceptors (Lipinski definition) is 3. The molecule has 1 heterocycles. The van der Waals surface area contributed by atoms with E-state index in [0.717, 1.165) is 16.7 Å². The van der Waals surface area contributed by atoms with Crippen molar-refractivity contribution in [1.82, 2.24) is 0 Å². The number of nitrogens with zero attached hydrogens (tertiary/aromatic N) is 1. The number of hydrogen-bond donors (Lipinski definition) is 1. The maximum absolute atomic E-state index is 10.9. The van der Waals surface area contributed by atoms with Crippen LogP contribution in [0.25, 0.3) is 0 Å². The predicted molar refractivity (Wildman–Crippen MR) is 82.5 cm³/mol. The van der Waals surface area contributed by atoms with Crippen LogP contribution in [0.3, 0.4) is 0 Å². The van der Waals surface area contributed by atoms with Gasteiger partial charge in [-0.15, -0.1) is 11.3 Å². The lowest BCUT2D eigenvalue weighted by Gasteiger charge is -2.19. The van der Waals surface area contributed by atoms with Gasteiger partial charge in [0.1, 0.15) is 0 Å². The number of thiophene rings is 1. The monoisotopic (exact) mass is 359 g/mol. The third kappa shape index (κ3) is 3.49. The third-order valence-corrected chi connectivity index (χ3v) is 4.63. The van der Waals surface area contributed by atoms with Gasteiger partial charge in [-0.1, -0.05) is 11.6 Å². The van der Waals surface area contributed by atoms with Crippen molar-refractivity contribution in [2.45, 2.75) is 6.54 Å². The molecular formula is C13H11BrClNO2S. The highest BCUT2D eigenvalue weighted by molar-refractivity contribution is 9.10. The third-order valence-electron chi connectivity index (χ3n) is 2.64. The maximum atomic E-state index is 10.9. The number of aromatic carboxylic acids is 1. The molecule has 0 unspecified atom stereocenters. The van der Waals surface area contributed by atoms with Gasteiger partial charge in [0.25, 0.3) is 0 Å². The summed E-state index contributed by atoms with van der Waals surface area (Å²) < 4.78 is 1.07. The van der Waals surface area contributed by atoms with Crippen LogP contribution in [-0.2, 0) is 6.54 Å². The highest BCUT2D eigenvalue weighted by atomic mass is 79.9. The first-order valence-electron chi connectivity index (χ1n) is 5.44. The average molecular weight is 361 g/mol. The second-order valence-electron chi connectivity index (χ2n) is 4.06. The number of anilines is 1. The highest BCUT2D eigenvalue weighted by Gasteiger charge is 2.11. The zero-order valence-corrected chi connectivity index (χ0v) is 13.2. The molecule has 0 fully saturated rings. The van der Waals surface area contributed by atoms with E-state index in [0.29, 0.717) is 0 Å². The molecule has 2 aromatic rings. The van der Waals surface area contributed by atoms with Crippen molar-refractivity contribution >= 4 is 50.5 Å². The molecule has 0 saturated carbocycles. The summed E-state index contributed by atoms with van der Waals surface area (Å²) in [5.74, 6) is -1.01. The summed E-state index contributed by atoms with van der Waals surface area (Å²) >= 11 is 11.1. The first-order valence-corrected chi connectivity index (χ1v) is 7.49. The van der Waals surface area contributed by atoms with Gasteiger partial charge in [-0.3, -0.25) is 0 Å². The zero-order chi connectivity index (χ0) is 14.0. The van der Waals surface area contributed by atoms with E-state index in [2.05, 4.69) is 22.0 Å². The molecule has 0 atom stereocenters. The SMILES string of the molecule is CN(Cc1cc(Br)cs1)c1ccc(C(=O)O)c(Cl)c1. The standard InChI is InChI=1S/C13H11BrClNO2S/c1-16(6-10-4-8(14)7-19-10)9-2-3-11(13(17)18)12(15)5-9/h2-5,7H,6H2,1H3,(H,17,18). The Kier molecular flexibility index (Phi) is 4.50. The minimum atomic E-state index is -1.01. The topological polar surface area (TPSA) is 40.5 Å². The van der Waals surface area contributed by atoms with E-state index >= 15 is 0 Å². The number of rotatable bonds is 4. The fourth-order valence-corrected chi connectivity index (χ4v) is 3.44. The number of carboxylic acids is 1. The van der Waals surface area contributed by atoms with Gasteiger partial charge < -0.3 is 10.0 Å². The Morgan fingerprint density at radius 2 is 2.21 bits per heavy atom. The van der Waals surface area contributed by atoms with Gasteiger partial charge >= 0.3 is 5.97 Å². The minimum absolute atomic E-state index is 0.123. The molecule has 100 valence electrons. The Hall–Kier alpha value is -1.04. The van der Waals surface area contributed by atoms with Crippen LogP contribution in [-0.4, -0.2) is 18.1 Å². The summed E-state index contributed by atoms with van der Waals surface area (Å²) in [4.78, 5) is 14.1. The van der Waals surface area contributed by atoms with Crippen LogP contribution in [0, 0.1) is 0 Å². The highest BCUT2D eigenvalue weighted by Crippen LogP contribution is 2.26. The molecule has 1 aromatic heterocycles. The van der Waals surface area contributed by atoms with Crippen molar-refractivity contribution in [2.24, 2.45) is 0 Å². The van der Waals surface area contributed by atoms with E-state index in [-0.39, 0.29) is 10.6 Å². The fourth-order valence-electron chi connectivity index (χ4n) is 1.68. The zero-order valence-electron chi connectivity index (χ0n) is 10.1. The van der Waals surface area contributed by atoms with Gasteiger partial charge in [-0.25, -0.2) is 4.79 Å². The van der Waals surface area contributed by atoms with Crippen molar-refractivity contribution in [3.8, 4) is 0 Å². The van der Waals surface area contributed by atoms with Crippen LogP contribution < -0.4 is 4.90 Å². The molecule has 0 saturated heterocycles. The van der Waals surface area contributed by atoms with Crippen molar-refractivity contribution in [2.75, 3.05) is 11.9 Å². The van der Waals surface area contributed by atoms with Crippen molar-refractivity contribution in [3.05, 3.63) is 49.6 Å². The smallest absolute Gasteiger partial charge is 0.337 e.